The predicted molar refractivity (Wildman–Crippen MR) is 89.2 cm³/mol. The molecule has 1 aliphatic rings. The summed E-state index contributed by atoms with van der Waals surface area (Å²) in [5.41, 5.74) is 0. The predicted octanol–water partition coefficient (Wildman–Crippen LogP) is 3.26. The van der Waals surface area contributed by atoms with Crippen LogP contribution in [0.2, 0.25) is 5.02 Å². The average molecular weight is 396 g/mol. The third-order valence-electron chi connectivity index (χ3n) is 3.62. The van der Waals surface area contributed by atoms with Gasteiger partial charge in [0.25, 0.3) is 0 Å². The normalized spacial score (nSPS) is 17.6. The molecule has 1 aromatic carbocycles. The van der Waals surface area contributed by atoms with E-state index >= 15 is 0 Å². The van der Waals surface area contributed by atoms with Crippen LogP contribution in [0.4, 0.5) is 0 Å². The zero-order chi connectivity index (χ0) is 15.3. The minimum atomic E-state index is -3.47. The number of benzene rings is 1. The first-order chi connectivity index (χ1) is 9.99. The largest absolute Gasteiger partial charge is 0.302 e. The molecule has 1 heterocycles. The minimum Gasteiger partial charge on any atom is -0.302 e. The number of hydrogen-bond acceptors (Lipinski definition) is 3. The number of nitrogens with one attached hydrogen (secondary N) is 1. The monoisotopic (exact) mass is 394 g/mol. The van der Waals surface area contributed by atoms with E-state index in [0.29, 0.717) is 16.0 Å². The van der Waals surface area contributed by atoms with E-state index < -0.39 is 10.0 Å². The summed E-state index contributed by atoms with van der Waals surface area (Å²) in [6.45, 7) is 3.32. The highest BCUT2D eigenvalue weighted by atomic mass is 79.9. The van der Waals surface area contributed by atoms with E-state index in [1.54, 1.807) is 6.07 Å². The Hall–Kier alpha value is -0.140. The van der Waals surface area contributed by atoms with Gasteiger partial charge in [-0.15, -0.1) is 0 Å². The van der Waals surface area contributed by atoms with Gasteiger partial charge < -0.3 is 4.90 Å². The second kappa shape index (κ2) is 7.92. The maximum absolute atomic E-state index is 12.2. The molecule has 0 bridgehead atoms. The van der Waals surface area contributed by atoms with Crippen molar-refractivity contribution in [2.75, 3.05) is 26.2 Å². The van der Waals surface area contributed by atoms with Crippen LogP contribution in [0.25, 0.3) is 0 Å². The first-order valence-electron chi connectivity index (χ1n) is 7.16. The summed E-state index contributed by atoms with van der Waals surface area (Å²) in [4.78, 5) is 2.56. The van der Waals surface area contributed by atoms with Crippen molar-refractivity contribution in [2.45, 2.75) is 30.6 Å². The Balaban J connectivity index is 1.90. The van der Waals surface area contributed by atoms with Gasteiger partial charge in [-0.1, -0.05) is 24.4 Å². The van der Waals surface area contributed by atoms with Gasteiger partial charge in [0, 0.05) is 17.6 Å². The summed E-state index contributed by atoms with van der Waals surface area (Å²) in [5, 5.41) is 0.499. The Morgan fingerprint density at radius 1 is 1.19 bits per heavy atom. The van der Waals surface area contributed by atoms with E-state index in [4.69, 9.17) is 11.6 Å². The number of sulfonamides is 1. The van der Waals surface area contributed by atoms with Gasteiger partial charge in [0.1, 0.15) is 0 Å². The summed E-state index contributed by atoms with van der Waals surface area (Å²) in [6.07, 6.45) is 4.97. The topological polar surface area (TPSA) is 49.4 Å². The van der Waals surface area contributed by atoms with E-state index in [9.17, 15) is 8.42 Å². The Labute approximate surface area is 140 Å². The minimum absolute atomic E-state index is 0.231. The van der Waals surface area contributed by atoms with E-state index in [-0.39, 0.29) is 4.90 Å². The van der Waals surface area contributed by atoms with Crippen molar-refractivity contribution < 1.29 is 8.42 Å². The van der Waals surface area contributed by atoms with Crippen LogP contribution in [-0.4, -0.2) is 39.5 Å². The molecule has 2 rings (SSSR count). The average Bonchev–Trinajstić information content (AvgIpc) is 2.70. The van der Waals surface area contributed by atoms with Gasteiger partial charge in [-0.3, -0.25) is 0 Å². The molecule has 0 saturated carbocycles. The zero-order valence-corrected chi connectivity index (χ0v) is 15.0. The summed E-state index contributed by atoms with van der Waals surface area (Å²) < 4.78 is 27.7. The van der Waals surface area contributed by atoms with Crippen molar-refractivity contribution in [3.8, 4) is 0 Å². The van der Waals surface area contributed by atoms with Crippen molar-refractivity contribution in [2.24, 2.45) is 0 Å². The van der Waals surface area contributed by atoms with Gasteiger partial charge >= 0.3 is 0 Å². The van der Waals surface area contributed by atoms with E-state index in [1.165, 1.54) is 37.8 Å². The smallest absolute Gasteiger partial charge is 0.240 e. The molecular formula is C14H20BrClN2O2S. The molecule has 1 aromatic rings. The highest BCUT2D eigenvalue weighted by molar-refractivity contribution is 9.10. The molecule has 0 radical (unpaired) electrons. The summed E-state index contributed by atoms with van der Waals surface area (Å²) >= 11 is 9.13. The lowest BCUT2D eigenvalue weighted by molar-refractivity contribution is 0.290. The molecule has 1 aliphatic heterocycles. The van der Waals surface area contributed by atoms with Gasteiger partial charge in [-0.2, -0.15) is 0 Å². The van der Waals surface area contributed by atoms with Crippen LogP contribution < -0.4 is 4.72 Å². The van der Waals surface area contributed by atoms with Crippen LogP contribution in [0.15, 0.2) is 27.6 Å². The first kappa shape index (κ1) is 17.2. The number of hydrogen-bond donors (Lipinski definition) is 1. The number of likely N-dealkylation sites (tertiary alicyclic amines) is 1. The van der Waals surface area contributed by atoms with E-state index in [1.807, 2.05) is 0 Å². The van der Waals surface area contributed by atoms with Crippen molar-refractivity contribution in [3.05, 3.63) is 27.7 Å². The molecule has 0 aromatic heterocycles. The zero-order valence-electron chi connectivity index (χ0n) is 11.8. The lowest BCUT2D eigenvalue weighted by atomic mass is 10.2. The van der Waals surface area contributed by atoms with Crippen LogP contribution >= 0.6 is 27.5 Å². The van der Waals surface area contributed by atoms with Crippen LogP contribution in [0.1, 0.15) is 25.7 Å². The third kappa shape index (κ3) is 5.21. The Bertz CT molecular complexity index is 572. The van der Waals surface area contributed by atoms with Crippen LogP contribution in [-0.2, 0) is 10.0 Å². The van der Waals surface area contributed by atoms with Gasteiger partial charge in [0.15, 0.2) is 0 Å². The number of nitrogens with zero attached hydrogens (tertiary/aromatic N) is 1. The fraction of sp³-hybridized carbons (Fsp3) is 0.571. The molecule has 1 saturated heterocycles. The Morgan fingerprint density at radius 3 is 2.48 bits per heavy atom. The molecule has 118 valence electrons. The van der Waals surface area contributed by atoms with Crippen LogP contribution in [0.5, 0.6) is 0 Å². The van der Waals surface area contributed by atoms with E-state index in [0.717, 1.165) is 19.6 Å². The number of halogens is 2. The van der Waals surface area contributed by atoms with Crippen molar-refractivity contribution >= 4 is 37.6 Å². The molecule has 0 unspecified atom stereocenters. The lowest BCUT2D eigenvalue weighted by Crippen LogP contribution is -2.35. The molecule has 21 heavy (non-hydrogen) atoms. The molecule has 1 N–H and O–H groups in total. The molecule has 0 atom stereocenters. The second-order valence-electron chi connectivity index (χ2n) is 5.23. The maximum atomic E-state index is 12.2. The standard InChI is InChI=1S/C14H20BrClN2O2S/c15-13-11-12(5-6-14(13)16)21(19,20)17-7-10-18-8-3-1-2-4-9-18/h5-6,11,17H,1-4,7-10H2. The first-order valence-corrected chi connectivity index (χ1v) is 9.81. The van der Waals surface area contributed by atoms with Crippen molar-refractivity contribution in [1.82, 2.24) is 9.62 Å². The van der Waals surface area contributed by atoms with Gasteiger partial charge in [0.05, 0.1) is 9.92 Å². The second-order valence-corrected chi connectivity index (χ2v) is 8.26. The molecule has 0 aliphatic carbocycles. The lowest BCUT2D eigenvalue weighted by Gasteiger charge is -2.19. The number of rotatable bonds is 5. The molecular weight excluding hydrogens is 376 g/mol. The van der Waals surface area contributed by atoms with Gasteiger partial charge in [-0.05, 0) is 60.1 Å². The SMILES string of the molecule is O=S(=O)(NCCN1CCCCCC1)c1ccc(Cl)c(Br)c1. The Kier molecular flexibility index (Phi) is 6.50. The van der Waals surface area contributed by atoms with Gasteiger partial charge in [0.2, 0.25) is 10.0 Å². The van der Waals surface area contributed by atoms with Crippen molar-refractivity contribution in [1.29, 1.82) is 0 Å². The quantitative estimate of drug-likeness (QED) is 0.832. The van der Waals surface area contributed by atoms with Crippen LogP contribution in [0, 0.1) is 0 Å². The molecule has 0 amide bonds. The Morgan fingerprint density at radius 2 is 1.86 bits per heavy atom. The summed E-state index contributed by atoms with van der Waals surface area (Å²) in [7, 11) is -3.47. The maximum Gasteiger partial charge on any atom is 0.240 e. The summed E-state index contributed by atoms with van der Waals surface area (Å²) in [5.74, 6) is 0. The van der Waals surface area contributed by atoms with Gasteiger partial charge in [-0.25, -0.2) is 13.1 Å². The third-order valence-corrected chi connectivity index (χ3v) is 6.29. The van der Waals surface area contributed by atoms with Crippen molar-refractivity contribution in [3.63, 3.8) is 0 Å². The summed E-state index contributed by atoms with van der Waals surface area (Å²) in [6, 6.07) is 4.62. The highest BCUT2D eigenvalue weighted by Crippen LogP contribution is 2.25. The van der Waals surface area contributed by atoms with Crippen LogP contribution in [0.3, 0.4) is 0 Å². The highest BCUT2D eigenvalue weighted by Gasteiger charge is 2.16. The molecule has 4 nitrogen and oxygen atoms in total. The molecule has 1 fully saturated rings. The molecule has 0 spiro atoms. The fourth-order valence-electron chi connectivity index (χ4n) is 2.43. The van der Waals surface area contributed by atoms with E-state index in [2.05, 4.69) is 25.6 Å². The fourth-order valence-corrected chi connectivity index (χ4v) is 4.12. The molecule has 7 heteroatoms.